The van der Waals surface area contributed by atoms with Gasteiger partial charge in [-0.1, -0.05) is 6.92 Å². The maximum absolute atomic E-state index is 6.13. The average molecular weight is 306 g/mol. The van der Waals surface area contributed by atoms with Crippen molar-refractivity contribution in [3.63, 3.8) is 0 Å². The first-order valence-corrected chi connectivity index (χ1v) is 7.18. The van der Waals surface area contributed by atoms with Gasteiger partial charge in [0.25, 0.3) is 0 Å². The lowest BCUT2D eigenvalue weighted by atomic mass is 10.1. The van der Waals surface area contributed by atoms with E-state index in [1.165, 1.54) is 4.88 Å². The van der Waals surface area contributed by atoms with E-state index in [0.29, 0.717) is 0 Å². The second kappa shape index (κ2) is 5.63. The highest BCUT2D eigenvalue weighted by molar-refractivity contribution is 9.10. The molecule has 1 heterocycles. The fraction of sp³-hybridized carbons (Fsp3) is 0.667. The smallest absolute Gasteiger partial charge is 0.107 e. The van der Waals surface area contributed by atoms with Crippen molar-refractivity contribution >= 4 is 27.3 Å². The second-order valence-electron chi connectivity index (χ2n) is 4.89. The Labute approximate surface area is 110 Å². The van der Waals surface area contributed by atoms with Gasteiger partial charge in [-0.25, -0.2) is 0 Å². The standard InChI is InChI=1S/C12H20BrNOS/c1-5-9(14)11(15-12(2,3)4)10-6-8(13)7-16-10/h6-7,9,11H,5,14H2,1-4H3. The van der Waals surface area contributed by atoms with Crippen molar-refractivity contribution in [2.24, 2.45) is 5.73 Å². The molecule has 0 amide bonds. The van der Waals surface area contributed by atoms with Crippen molar-refractivity contribution in [3.8, 4) is 0 Å². The van der Waals surface area contributed by atoms with E-state index >= 15 is 0 Å². The summed E-state index contributed by atoms with van der Waals surface area (Å²) in [5.41, 5.74) is 5.96. The maximum Gasteiger partial charge on any atom is 0.107 e. The summed E-state index contributed by atoms with van der Waals surface area (Å²) in [6, 6.07) is 2.14. The van der Waals surface area contributed by atoms with Crippen molar-refractivity contribution in [3.05, 3.63) is 20.8 Å². The molecule has 1 rings (SSSR count). The van der Waals surface area contributed by atoms with Gasteiger partial charge < -0.3 is 10.5 Å². The third kappa shape index (κ3) is 4.17. The van der Waals surface area contributed by atoms with Gasteiger partial charge in [-0.05, 0) is 49.2 Å². The molecule has 92 valence electrons. The monoisotopic (exact) mass is 305 g/mol. The van der Waals surface area contributed by atoms with E-state index in [-0.39, 0.29) is 17.7 Å². The van der Waals surface area contributed by atoms with Crippen molar-refractivity contribution in [1.82, 2.24) is 0 Å². The fourth-order valence-corrected chi connectivity index (χ4v) is 2.98. The van der Waals surface area contributed by atoms with Gasteiger partial charge in [0.2, 0.25) is 0 Å². The molecule has 16 heavy (non-hydrogen) atoms. The summed E-state index contributed by atoms with van der Waals surface area (Å²) in [6.45, 7) is 8.27. The Balaban J connectivity index is 2.87. The van der Waals surface area contributed by atoms with E-state index in [2.05, 4.69) is 55.1 Å². The number of nitrogens with two attached hydrogens (primary N) is 1. The van der Waals surface area contributed by atoms with Crippen LogP contribution in [0.15, 0.2) is 15.9 Å². The van der Waals surface area contributed by atoms with Gasteiger partial charge >= 0.3 is 0 Å². The first-order chi connectivity index (χ1) is 7.33. The van der Waals surface area contributed by atoms with Gasteiger partial charge in [0.15, 0.2) is 0 Å². The highest BCUT2D eigenvalue weighted by Gasteiger charge is 2.26. The zero-order valence-corrected chi connectivity index (χ0v) is 12.7. The molecule has 2 N–H and O–H groups in total. The van der Waals surface area contributed by atoms with Crippen LogP contribution in [0.4, 0.5) is 0 Å². The minimum atomic E-state index is -0.173. The molecule has 1 aromatic rings. The largest absolute Gasteiger partial charge is 0.365 e. The minimum absolute atomic E-state index is 0.0127. The lowest BCUT2D eigenvalue weighted by Crippen LogP contribution is -2.34. The van der Waals surface area contributed by atoms with Gasteiger partial charge in [0.1, 0.15) is 6.10 Å². The first kappa shape index (κ1) is 14.2. The number of rotatable bonds is 4. The zero-order valence-electron chi connectivity index (χ0n) is 10.3. The highest BCUT2D eigenvalue weighted by Crippen LogP contribution is 2.33. The van der Waals surface area contributed by atoms with E-state index < -0.39 is 0 Å². The number of hydrogen-bond donors (Lipinski definition) is 1. The molecular weight excluding hydrogens is 286 g/mol. The Hall–Kier alpha value is 0.1000. The molecule has 0 saturated heterocycles. The number of ether oxygens (including phenoxy) is 1. The molecule has 0 bridgehead atoms. The Kier molecular flexibility index (Phi) is 4.98. The van der Waals surface area contributed by atoms with E-state index in [9.17, 15) is 0 Å². The van der Waals surface area contributed by atoms with E-state index in [0.717, 1.165) is 10.9 Å². The topological polar surface area (TPSA) is 35.2 Å². The summed E-state index contributed by atoms with van der Waals surface area (Å²) in [5, 5.41) is 2.07. The van der Waals surface area contributed by atoms with Crippen molar-refractivity contribution in [2.45, 2.75) is 51.9 Å². The SMILES string of the molecule is CCC(N)C(OC(C)(C)C)c1cc(Br)cs1. The van der Waals surface area contributed by atoms with Gasteiger partial charge in [0.05, 0.1) is 5.60 Å². The summed E-state index contributed by atoms with van der Waals surface area (Å²) in [5.74, 6) is 0. The lowest BCUT2D eigenvalue weighted by Gasteiger charge is -2.30. The number of thiophene rings is 1. The van der Waals surface area contributed by atoms with Crippen LogP contribution in [0.5, 0.6) is 0 Å². The van der Waals surface area contributed by atoms with Crippen LogP contribution in [0, 0.1) is 0 Å². The van der Waals surface area contributed by atoms with Crippen molar-refractivity contribution < 1.29 is 4.74 Å². The molecule has 0 radical (unpaired) electrons. The molecular formula is C12H20BrNOS. The van der Waals surface area contributed by atoms with E-state index in [1.807, 2.05) is 0 Å². The molecule has 2 nitrogen and oxygen atoms in total. The van der Waals surface area contributed by atoms with Crippen LogP contribution in [0.1, 0.15) is 45.1 Å². The summed E-state index contributed by atoms with van der Waals surface area (Å²) in [4.78, 5) is 1.19. The molecule has 0 aliphatic carbocycles. The molecule has 0 fully saturated rings. The molecule has 0 aliphatic heterocycles. The highest BCUT2D eigenvalue weighted by atomic mass is 79.9. The molecule has 0 aliphatic rings. The summed E-state index contributed by atoms with van der Waals surface area (Å²) in [7, 11) is 0. The Morgan fingerprint density at radius 1 is 1.50 bits per heavy atom. The van der Waals surface area contributed by atoms with Crippen LogP contribution in [0.2, 0.25) is 0 Å². The van der Waals surface area contributed by atoms with Gasteiger partial charge in [0, 0.05) is 20.8 Å². The normalized spacial score (nSPS) is 16.1. The molecule has 2 atom stereocenters. The lowest BCUT2D eigenvalue weighted by molar-refractivity contribution is -0.0712. The number of halogens is 1. The van der Waals surface area contributed by atoms with Crippen LogP contribution in [-0.4, -0.2) is 11.6 Å². The summed E-state index contributed by atoms with van der Waals surface area (Å²) >= 11 is 5.16. The predicted molar refractivity (Wildman–Crippen MR) is 73.9 cm³/mol. The maximum atomic E-state index is 6.13. The second-order valence-corrected chi connectivity index (χ2v) is 6.75. The summed E-state index contributed by atoms with van der Waals surface area (Å²) in [6.07, 6.45) is 0.900. The molecule has 2 unspecified atom stereocenters. The van der Waals surface area contributed by atoms with E-state index in [1.54, 1.807) is 11.3 Å². The van der Waals surface area contributed by atoms with Gasteiger partial charge in [-0.15, -0.1) is 11.3 Å². The van der Waals surface area contributed by atoms with Gasteiger partial charge in [-0.2, -0.15) is 0 Å². The third-order valence-electron chi connectivity index (χ3n) is 2.21. The van der Waals surface area contributed by atoms with Crippen LogP contribution >= 0.6 is 27.3 Å². The van der Waals surface area contributed by atoms with Crippen LogP contribution in [-0.2, 0) is 4.74 Å². The third-order valence-corrected chi connectivity index (χ3v) is 3.96. The van der Waals surface area contributed by atoms with Crippen molar-refractivity contribution in [1.29, 1.82) is 0 Å². The van der Waals surface area contributed by atoms with E-state index in [4.69, 9.17) is 10.5 Å². The quantitative estimate of drug-likeness (QED) is 0.909. The number of hydrogen-bond acceptors (Lipinski definition) is 3. The molecule has 0 saturated carbocycles. The van der Waals surface area contributed by atoms with Crippen LogP contribution < -0.4 is 5.73 Å². The Bertz CT molecular complexity index is 332. The molecule has 1 aromatic heterocycles. The summed E-state index contributed by atoms with van der Waals surface area (Å²) < 4.78 is 7.15. The molecule has 0 aromatic carbocycles. The van der Waals surface area contributed by atoms with Crippen LogP contribution in [0.25, 0.3) is 0 Å². The minimum Gasteiger partial charge on any atom is -0.365 e. The average Bonchev–Trinajstić information content (AvgIpc) is 2.58. The fourth-order valence-electron chi connectivity index (χ4n) is 1.43. The van der Waals surface area contributed by atoms with Crippen molar-refractivity contribution in [2.75, 3.05) is 0 Å². The Morgan fingerprint density at radius 3 is 2.50 bits per heavy atom. The van der Waals surface area contributed by atoms with Crippen LogP contribution in [0.3, 0.4) is 0 Å². The Morgan fingerprint density at radius 2 is 2.12 bits per heavy atom. The van der Waals surface area contributed by atoms with Gasteiger partial charge in [-0.3, -0.25) is 0 Å². The molecule has 0 spiro atoms. The zero-order chi connectivity index (χ0) is 12.3. The first-order valence-electron chi connectivity index (χ1n) is 5.51. The molecule has 4 heteroatoms. The predicted octanol–water partition coefficient (Wildman–Crippen LogP) is 4.10.